The van der Waals surface area contributed by atoms with Crippen molar-refractivity contribution in [2.45, 2.75) is 52.5 Å². The third-order valence-corrected chi connectivity index (χ3v) is 4.25. The van der Waals surface area contributed by atoms with Crippen LogP contribution in [0.25, 0.3) is 0 Å². The fourth-order valence-corrected chi connectivity index (χ4v) is 2.89. The summed E-state index contributed by atoms with van der Waals surface area (Å²) in [5, 5.41) is 9.99. The fraction of sp³-hybridized carbons (Fsp3) is 0.750. The lowest BCUT2D eigenvalue weighted by molar-refractivity contribution is 0.0945. The Hall–Kier alpha value is -1.36. The molecule has 1 aromatic heterocycles. The molecular formula is C16H28N4O. The van der Waals surface area contributed by atoms with Gasteiger partial charge in [-0.25, -0.2) is 0 Å². The van der Waals surface area contributed by atoms with Crippen molar-refractivity contribution < 1.29 is 4.79 Å². The highest BCUT2D eigenvalue weighted by molar-refractivity contribution is 5.95. The zero-order valence-corrected chi connectivity index (χ0v) is 13.7. The van der Waals surface area contributed by atoms with Gasteiger partial charge in [0.05, 0.1) is 11.8 Å². The maximum atomic E-state index is 12.3. The lowest BCUT2D eigenvalue weighted by Crippen LogP contribution is -2.40. The van der Waals surface area contributed by atoms with Gasteiger partial charge in [0.25, 0.3) is 5.91 Å². The molecule has 2 N–H and O–H groups in total. The summed E-state index contributed by atoms with van der Waals surface area (Å²) in [5.74, 6) is 0.552. The van der Waals surface area contributed by atoms with Crippen LogP contribution in [0.15, 0.2) is 6.20 Å². The minimum absolute atomic E-state index is 0.00130. The van der Waals surface area contributed by atoms with Gasteiger partial charge in [0.1, 0.15) is 0 Å². The van der Waals surface area contributed by atoms with E-state index in [9.17, 15) is 4.79 Å². The van der Waals surface area contributed by atoms with Gasteiger partial charge in [-0.2, -0.15) is 5.10 Å². The average Bonchev–Trinajstić information content (AvgIpc) is 3.04. The van der Waals surface area contributed by atoms with Crippen molar-refractivity contribution >= 4 is 5.91 Å². The summed E-state index contributed by atoms with van der Waals surface area (Å²) >= 11 is 0. The largest absolute Gasteiger partial charge is 0.352 e. The number of hydrogen-bond acceptors (Lipinski definition) is 3. The predicted octanol–water partition coefficient (Wildman–Crippen LogP) is 2.21. The number of likely N-dealkylation sites (tertiary alicyclic amines) is 1. The standard InChI is InChI=1S/C16H28N4O/c1-5-6-14-13(10-18-19-14)15(21)17-9-12-7-8-20(11-12)16(2,3)4/h10,12H,5-9,11H2,1-4H3,(H,17,21)(H,18,19)/t12-/m0/s1. The maximum absolute atomic E-state index is 12.3. The number of amides is 1. The second kappa shape index (κ2) is 6.60. The third kappa shape index (κ3) is 4.06. The van der Waals surface area contributed by atoms with Gasteiger partial charge < -0.3 is 5.32 Å². The van der Waals surface area contributed by atoms with E-state index in [1.807, 2.05) is 0 Å². The molecule has 0 bridgehead atoms. The lowest BCUT2D eigenvalue weighted by Gasteiger charge is -2.31. The van der Waals surface area contributed by atoms with Gasteiger partial charge in [-0.05, 0) is 46.1 Å². The minimum Gasteiger partial charge on any atom is -0.352 e. The SMILES string of the molecule is CCCc1[nH]ncc1C(=O)NC[C@@H]1CCN(C(C)(C)C)C1. The molecule has 0 saturated carbocycles. The number of nitrogens with one attached hydrogen (secondary N) is 2. The molecule has 21 heavy (non-hydrogen) atoms. The summed E-state index contributed by atoms with van der Waals surface area (Å²) in [6.45, 7) is 11.8. The molecule has 2 rings (SSSR count). The number of hydrogen-bond donors (Lipinski definition) is 2. The number of carbonyl (C=O) groups is 1. The van der Waals surface area contributed by atoms with Crippen LogP contribution >= 0.6 is 0 Å². The molecule has 1 aliphatic heterocycles. The number of carbonyl (C=O) groups excluding carboxylic acids is 1. The van der Waals surface area contributed by atoms with Crippen molar-refractivity contribution in [1.82, 2.24) is 20.4 Å². The zero-order valence-electron chi connectivity index (χ0n) is 13.7. The van der Waals surface area contributed by atoms with Crippen LogP contribution < -0.4 is 5.32 Å². The number of aryl methyl sites for hydroxylation is 1. The van der Waals surface area contributed by atoms with E-state index in [0.717, 1.165) is 44.6 Å². The first-order valence-corrected chi connectivity index (χ1v) is 7.97. The first-order valence-electron chi connectivity index (χ1n) is 7.97. The quantitative estimate of drug-likeness (QED) is 0.874. The lowest BCUT2D eigenvalue weighted by atomic mass is 10.1. The van der Waals surface area contributed by atoms with Gasteiger partial charge in [-0.1, -0.05) is 13.3 Å². The summed E-state index contributed by atoms with van der Waals surface area (Å²) in [6, 6.07) is 0. The number of rotatable bonds is 5. The van der Waals surface area contributed by atoms with Gasteiger partial charge in [0.15, 0.2) is 0 Å². The summed E-state index contributed by atoms with van der Waals surface area (Å²) < 4.78 is 0. The van der Waals surface area contributed by atoms with Crippen molar-refractivity contribution in [2.24, 2.45) is 5.92 Å². The molecule has 5 heteroatoms. The van der Waals surface area contributed by atoms with E-state index < -0.39 is 0 Å². The highest BCUT2D eigenvalue weighted by Crippen LogP contribution is 2.23. The molecule has 1 saturated heterocycles. The van der Waals surface area contributed by atoms with Gasteiger partial charge >= 0.3 is 0 Å². The monoisotopic (exact) mass is 292 g/mol. The van der Waals surface area contributed by atoms with E-state index in [2.05, 4.69) is 48.1 Å². The molecule has 0 unspecified atom stereocenters. The molecule has 0 spiro atoms. The van der Waals surface area contributed by atoms with Crippen LogP contribution in [0.1, 0.15) is 56.6 Å². The molecule has 1 atom stereocenters. The predicted molar refractivity (Wildman–Crippen MR) is 84.3 cm³/mol. The van der Waals surface area contributed by atoms with Crippen LogP contribution in [-0.4, -0.2) is 46.2 Å². The minimum atomic E-state index is 0.00130. The topological polar surface area (TPSA) is 61.0 Å². The molecule has 1 aromatic rings. The maximum Gasteiger partial charge on any atom is 0.254 e. The van der Waals surface area contributed by atoms with Gasteiger partial charge in [0.2, 0.25) is 0 Å². The van der Waals surface area contributed by atoms with Crippen molar-refractivity contribution in [2.75, 3.05) is 19.6 Å². The first-order chi connectivity index (χ1) is 9.91. The summed E-state index contributed by atoms with van der Waals surface area (Å²) in [4.78, 5) is 14.7. The molecule has 1 amide bonds. The van der Waals surface area contributed by atoms with Crippen LogP contribution in [0, 0.1) is 5.92 Å². The van der Waals surface area contributed by atoms with Crippen LogP contribution in [0.4, 0.5) is 0 Å². The highest BCUT2D eigenvalue weighted by Gasteiger charge is 2.30. The van der Waals surface area contributed by atoms with Crippen molar-refractivity contribution in [3.8, 4) is 0 Å². The molecule has 118 valence electrons. The number of H-pyrrole nitrogens is 1. The van der Waals surface area contributed by atoms with Crippen molar-refractivity contribution in [1.29, 1.82) is 0 Å². The third-order valence-electron chi connectivity index (χ3n) is 4.25. The molecule has 0 aromatic carbocycles. The Balaban J connectivity index is 1.84. The molecule has 0 radical (unpaired) electrons. The highest BCUT2D eigenvalue weighted by atomic mass is 16.1. The first kappa shape index (κ1) is 16.0. The summed E-state index contributed by atoms with van der Waals surface area (Å²) in [7, 11) is 0. The number of aromatic amines is 1. The Labute approximate surface area is 127 Å². The van der Waals surface area contributed by atoms with Crippen LogP contribution in [0.3, 0.4) is 0 Å². The Morgan fingerprint density at radius 2 is 2.29 bits per heavy atom. The Bertz CT molecular complexity index is 475. The summed E-state index contributed by atoms with van der Waals surface area (Å²) in [6.07, 6.45) is 4.66. The van der Waals surface area contributed by atoms with Gasteiger partial charge in [-0.3, -0.25) is 14.8 Å². The van der Waals surface area contributed by atoms with Gasteiger partial charge in [-0.15, -0.1) is 0 Å². The fourth-order valence-electron chi connectivity index (χ4n) is 2.89. The molecule has 1 fully saturated rings. The van der Waals surface area contributed by atoms with Crippen LogP contribution in [-0.2, 0) is 6.42 Å². The van der Waals surface area contributed by atoms with E-state index in [1.54, 1.807) is 6.20 Å². The van der Waals surface area contributed by atoms with Gasteiger partial charge in [0, 0.05) is 24.3 Å². The van der Waals surface area contributed by atoms with E-state index in [1.165, 1.54) is 0 Å². The molecule has 5 nitrogen and oxygen atoms in total. The number of nitrogens with zero attached hydrogens (tertiary/aromatic N) is 2. The number of aromatic nitrogens is 2. The van der Waals surface area contributed by atoms with Crippen LogP contribution in [0.5, 0.6) is 0 Å². The van der Waals surface area contributed by atoms with Crippen molar-refractivity contribution in [3.05, 3.63) is 17.5 Å². The second-order valence-electron chi connectivity index (χ2n) is 6.99. The normalized spacial score (nSPS) is 19.9. The second-order valence-corrected chi connectivity index (χ2v) is 6.99. The molecule has 2 heterocycles. The Kier molecular flexibility index (Phi) is 5.04. The van der Waals surface area contributed by atoms with E-state index in [0.29, 0.717) is 11.5 Å². The molecular weight excluding hydrogens is 264 g/mol. The van der Waals surface area contributed by atoms with E-state index >= 15 is 0 Å². The average molecular weight is 292 g/mol. The molecule has 1 aliphatic rings. The summed E-state index contributed by atoms with van der Waals surface area (Å²) in [5.41, 5.74) is 1.86. The van der Waals surface area contributed by atoms with Crippen molar-refractivity contribution in [3.63, 3.8) is 0 Å². The smallest absolute Gasteiger partial charge is 0.254 e. The Morgan fingerprint density at radius 3 is 2.90 bits per heavy atom. The Morgan fingerprint density at radius 1 is 1.52 bits per heavy atom. The van der Waals surface area contributed by atoms with E-state index in [-0.39, 0.29) is 11.4 Å². The molecule has 0 aliphatic carbocycles. The zero-order chi connectivity index (χ0) is 15.5. The van der Waals surface area contributed by atoms with E-state index in [4.69, 9.17) is 0 Å². The van der Waals surface area contributed by atoms with Crippen LogP contribution in [0.2, 0.25) is 0 Å².